The molecule has 2 unspecified atom stereocenters. The van der Waals surface area contributed by atoms with Gasteiger partial charge in [-0.1, -0.05) is 12.1 Å². The van der Waals surface area contributed by atoms with E-state index >= 15 is 0 Å². The number of carboxylic acids is 1. The zero-order valence-electron chi connectivity index (χ0n) is 20.3. The number of carboxylic acid groups (broad SMARTS) is 1. The van der Waals surface area contributed by atoms with Crippen LogP contribution >= 0.6 is 0 Å². The summed E-state index contributed by atoms with van der Waals surface area (Å²) in [7, 11) is -3.86. The molecular weight excluding hydrogens is 500 g/mol. The van der Waals surface area contributed by atoms with Gasteiger partial charge >= 0.3 is 12.1 Å². The fourth-order valence-electron chi connectivity index (χ4n) is 4.81. The molecule has 11 heteroatoms. The van der Waals surface area contributed by atoms with Crippen molar-refractivity contribution in [3.8, 4) is 0 Å². The molecule has 1 aliphatic heterocycles. The topological polar surface area (TPSA) is 77.9 Å². The minimum absolute atomic E-state index is 0.0563. The number of benzene rings is 2. The molecule has 0 radical (unpaired) electrons. The monoisotopic (exact) mass is 530 g/mol. The average Bonchev–Trinajstić information content (AvgIpc) is 2.73. The predicted octanol–water partition coefficient (Wildman–Crippen LogP) is 4.50. The van der Waals surface area contributed by atoms with Crippen molar-refractivity contribution < 1.29 is 35.9 Å². The molecule has 1 aliphatic rings. The Labute approximate surface area is 208 Å². The third-order valence-corrected chi connectivity index (χ3v) is 8.55. The molecule has 1 N–H and O–H groups in total. The first kappa shape index (κ1) is 28.1. The Kier molecular flexibility index (Phi) is 8.47. The van der Waals surface area contributed by atoms with Crippen LogP contribution in [-0.2, 0) is 33.8 Å². The molecule has 0 bridgehead atoms. The summed E-state index contributed by atoms with van der Waals surface area (Å²) in [6, 6.07) is 6.77. The van der Waals surface area contributed by atoms with Gasteiger partial charge in [0.15, 0.2) is 0 Å². The fourth-order valence-corrected chi connectivity index (χ4v) is 6.66. The van der Waals surface area contributed by atoms with E-state index in [9.17, 15) is 30.8 Å². The SMILES string of the molecule is Cc1ccc(S(=O)(=O)N2C(C)CN(CCCc3ccc(C(F)(F)F)c(F)c3)CC2C)cc1CC(=O)O. The maximum atomic E-state index is 13.8. The summed E-state index contributed by atoms with van der Waals surface area (Å²) in [5.41, 5.74) is 0.339. The lowest BCUT2D eigenvalue weighted by molar-refractivity contribution is -0.140. The second-order valence-corrected chi connectivity index (χ2v) is 11.2. The minimum Gasteiger partial charge on any atom is -0.481 e. The molecule has 2 aromatic carbocycles. The normalized spacial score (nSPS) is 20.0. The van der Waals surface area contributed by atoms with Crippen LogP contribution in [0, 0.1) is 12.7 Å². The molecule has 1 heterocycles. The molecule has 0 aromatic heterocycles. The van der Waals surface area contributed by atoms with Crippen LogP contribution in [0.25, 0.3) is 0 Å². The number of halogens is 4. The number of hydrogen-bond donors (Lipinski definition) is 1. The number of sulfonamides is 1. The van der Waals surface area contributed by atoms with E-state index in [1.807, 2.05) is 0 Å². The van der Waals surface area contributed by atoms with Gasteiger partial charge in [0.25, 0.3) is 0 Å². The summed E-state index contributed by atoms with van der Waals surface area (Å²) in [5.74, 6) is -2.33. The molecule has 0 saturated carbocycles. The largest absolute Gasteiger partial charge is 0.481 e. The highest BCUT2D eigenvalue weighted by Crippen LogP contribution is 2.32. The zero-order valence-corrected chi connectivity index (χ0v) is 21.2. The Bertz CT molecular complexity index is 1210. The number of nitrogens with zero attached hydrogens (tertiary/aromatic N) is 2. The maximum Gasteiger partial charge on any atom is 0.419 e. The van der Waals surface area contributed by atoms with Crippen molar-refractivity contribution in [2.45, 2.75) is 63.2 Å². The van der Waals surface area contributed by atoms with Gasteiger partial charge in [0.1, 0.15) is 5.82 Å². The van der Waals surface area contributed by atoms with Crippen LogP contribution in [0.2, 0.25) is 0 Å². The van der Waals surface area contributed by atoms with Crippen molar-refractivity contribution in [1.82, 2.24) is 9.21 Å². The van der Waals surface area contributed by atoms with E-state index < -0.39 is 33.5 Å². The van der Waals surface area contributed by atoms with Crippen LogP contribution in [-0.4, -0.2) is 60.4 Å². The van der Waals surface area contributed by atoms with Crippen molar-refractivity contribution >= 4 is 16.0 Å². The third-order valence-electron chi connectivity index (χ3n) is 6.43. The molecule has 2 atom stereocenters. The quantitative estimate of drug-likeness (QED) is 0.509. The Balaban J connectivity index is 1.64. The summed E-state index contributed by atoms with van der Waals surface area (Å²) >= 11 is 0. The lowest BCUT2D eigenvalue weighted by atomic mass is 10.1. The lowest BCUT2D eigenvalue weighted by Gasteiger charge is -2.43. The van der Waals surface area contributed by atoms with Crippen molar-refractivity contribution in [3.63, 3.8) is 0 Å². The molecule has 198 valence electrons. The van der Waals surface area contributed by atoms with Crippen molar-refractivity contribution in [2.24, 2.45) is 0 Å². The molecule has 0 spiro atoms. The molecular formula is C25H30F4N2O4S. The van der Waals surface area contributed by atoms with Gasteiger partial charge in [0.2, 0.25) is 10.0 Å². The van der Waals surface area contributed by atoms with E-state index in [0.717, 1.165) is 12.1 Å². The Morgan fingerprint density at radius 3 is 2.28 bits per heavy atom. The predicted molar refractivity (Wildman–Crippen MR) is 127 cm³/mol. The second-order valence-electron chi connectivity index (χ2n) is 9.37. The van der Waals surface area contributed by atoms with Gasteiger partial charge in [0.05, 0.1) is 16.9 Å². The van der Waals surface area contributed by atoms with Gasteiger partial charge < -0.3 is 10.0 Å². The van der Waals surface area contributed by atoms with Gasteiger partial charge in [-0.3, -0.25) is 4.79 Å². The van der Waals surface area contributed by atoms with E-state index in [1.54, 1.807) is 26.8 Å². The van der Waals surface area contributed by atoms with Gasteiger partial charge in [-0.25, -0.2) is 12.8 Å². The van der Waals surface area contributed by atoms with E-state index in [2.05, 4.69) is 4.90 Å². The zero-order chi connectivity index (χ0) is 26.8. The maximum absolute atomic E-state index is 13.8. The van der Waals surface area contributed by atoms with Crippen molar-refractivity contribution in [3.05, 3.63) is 64.5 Å². The molecule has 36 heavy (non-hydrogen) atoms. The van der Waals surface area contributed by atoms with Gasteiger partial charge in [0, 0.05) is 25.2 Å². The Morgan fingerprint density at radius 1 is 1.08 bits per heavy atom. The molecule has 3 rings (SSSR count). The average molecular weight is 531 g/mol. The van der Waals surface area contributed by atoms with Gasteiger partial charge in [-0.2, -0.15) is 17.5 Å². The summed E-state index contributed by atoms with van der Waals surface area (Å²) in [4.78, 5) is 13.3. The van der Waals surface area contributed by atoms with Crippen molar-refractivity contribution in [1.29, 1.82) is 0 Å². The highest BCUT2D eigenvalue weighted by Gasteiger charge is 2.38. The van der Waals surface area contributed by atoms with E-state index in [1.165, 1.54) is 22.5 Å². The standard InChI is InChI=1S/C25H30F4N2O4S/c1-16-6-8-21(12-20(16)13-24(32)33)36(34,35)31-17(2)14-30(15-18(31)3)10-4-5-19-7-9-22(23(26)11-19)25(27,28)29/h6-9,11-12,17-18H,4-5,10,13-15H2,1-3H3,(H,32,33). The summed E-state index contributed by atoms with van der Waals surface area (Å²) in [6.45, 7) is 6.84. The number of piperazine rings is 1. The molecule has 2 aromatic rings. The Morgan fingerprint density at radius 2 is 1.72 bits per heavy atom. The molecule has 1 saturated heterocycles. The first-order chi connectivity index (χ1) is 16.7. The number of rotatable bonds is 8. The molecule has 1 fully saturated rings. The van der Waals surface area contributed by atoms with E-state index in [-0.39, 0.29) is 23.4 Å². The number of aliphatic carboxylic acids is 1. The van der Waals surface area contributed by atoms with Crippen molar-refractivity contribution in [2.75, 3.05) is 19.6 Å². The fraction of sp³-hybridized carbons (Fsp3) is 0.480. The van der Waals surface area contributed by atoms with Crippen LogP contribution in [0.5, 0.6) is 0 Å². The number of carbonyl (C=O) groups is 1. The summed E-state index contributed by atoms with van der Waals surface area (Å²) in [5, 5.41) is 9.12. The van der Waals surface area contributed by atoms with Gasteiger partial charge in [-0.05, 0) is 81.1 Å². The highest BCUT2D eigenvalue weighted by atomic mass is 32.2. The van der Waals surface area contributed by atoms with Crippen LogP contribution in [0.1, 0.15) is 42.5 Å². The summed E-state index contributed by atoms with van der Waals surface area (Å²) < 4.78 is 80.4. The molecule has 6 nitrogen and oxygen atoms in total. The lowest BCUT2D eigenvalue weighted by Crippen LogP contribution is -2.58. The summed E-state index contributed by atoms with van der Waals surface area (Å²) in [6.07, 6.45) is -4.03. The van der Waals surface area contributed by atoms with Crippen LogP contribution in [0.15, 0.2) is 41.3 Å². The first-order valence-corrected chi connectivity index (χ1v) is 13.1. The van der Waals surface area contributed by atoms with Gasteiger partial charge in [-0.15, -0.1) is 0 Å². The number of alkyl halides is 3. The van der Waals surface area contributed by atoms with Crippen LogP contribution in [0.4, 0.5) is 17.6 Å². The second kappa shape index (κ2) is 10.9. The van der Waals surface area contributed by atoms with Crippen LogP contribution < -0.4 is 0 Å². The molecule has 0 aliphatic carbocycles. The third kappa shape index (κ3) is 6.43. The van der Waals surface area contributed by atoms with E-state index in [4.69, 9.17) is 5.11 Å². The first-order valence-electron chi connectivity index (χ1n) is 11.6. The Hall–Kier alpha value is -2.50. The molecule has 0 amide bonds. The van der Waals surface area contributed by atoms with Crippen LogP contribution in [0.3, 0.4) is 0 Å². The smallest absolute Gasteiger partial charge is 0.419 e. The number of aryl methyl sites for hydroxylation is 2. The number of hydrogen-bond acceptors (Lipinski definition) is 4. The highest BCUT2D eigenvalue weighted by molar-refractivity contribution is 7.89. The minimum atomic E-state index is -4.73. The van der Waals surface area contributed by atoms with E-state index in [0.29, 0.717) is 49.2 Å².